The number of benzene rings is 1. The molecule has 2 nitrogen and oxygen atoms in total. The number of anilines is 1. The van der Waals surface area contributed by atoms with Crippen LogP contribution in [0.3, 0.4) is 0 Å². The fourth-order valence-corrected chi connectivity index (χ4v) is 2.83. The van der Waals surface area contributed by atoms with Crippen LogP contribution in [0.5, 0.6) is 5.75 Å². The zero-order chi connectivity index (χ0) is 12.3. The summed E-state index contributed by atoms with van der Waals surface area (Å²) in [5.74, 6) is 0.215. The topological polar surface area (TPSA) is 21.3 Å². The summed E-state index contributed by atoms with van der Waals surface area (Å²) in [6, 6.07) is 6.51. The van der Waals surface area contributed by atoms with E-state index in [1.165, 1.54) is 24.1 Å². The standard InChI is InChI=1S/C12H11BrFNOS/c1-16-12-5-9(14)2-3-11(12)15-6-10-4-8(13)7-17-10/h2-5,7,15H,6H2,1H3. The van der Waals surface area contributed by atoms with E-state index in [9.17, 15) is 4.39 Å². The molecular formula is C12H11BrFNOS. The molecule has 1 aromatic carbocycles. The largest absolute Gasteiger partial charge is 0.494 e. The van der Waals surface area contributed by atoms with Gasteiger partial charge in [0.15, 0.2) is 0 Å². The number of nitrogens with one attached hydrogen (secondary N) is 1. The summed E-state index contributed by atoms with van der Waals surface area (Å²) in [4.78, 5) is 1.20. The van der Waals surface area contributed by atoms with Crippen molar-refractivity contribution in [1.29, 1.82) is 0 Å². The van der Waals surface area contributed by atoms with Crippen molar-refractivity contribution >= 4 is 33.0 Å². The van der Waals surface area contributed by atoms with Crippen LogP contribution in [-0.2, 0) is 6.54 Å². The van der Waals surface area contributed by atoms with Gasteiger partial charge in [0.25, 0.3) is 0 Å². The summed E-state index contributed by atoms with van der Waals surface area (Å²) in [6.07, 6.45) is 0. The number of hydrogen-bond donors (Lipinski definition) is 1. The lowest BCUT2D eigenvalue weighted by Crippen LogP contribution is -2.00. The number of thiophene rings is 1. The second-order valence-electron chi connectivity index (χ2n) is 3.43. The molecule has 0 atom stereocenters. The molecule has 1 heterocycles. The maximum absolute atomic E-state index is 13.0. The molecule has 1 N–H and O–H groups in total. The van der Waals surface area contributed by atoms with Crippen molar-refractivity contribution in [1.82, 2.24) is 0 Å². The van der Waals surface area contributed by atoms with Gasteiger partial charge in [-0.1, -0.05) is 0 Å². The molecule has 0 bridgehead atoms. The Morgan fingerprint density at radius 2 is 2.24 bits per heavy atom. The Kier molecular flexibility index (Phi) is 4.02. The number of rotatable bonds is 4. The fourth-order valence-electron chi connectivity index (χ4n) is 1.44. The van der Waals surface area contributed by atoms with E-state index in [-0.39, 0.29) is 5.82 Å². The monoisotopic (exact) mass is 315 g/mol. The summed E-state index contributed by atoms with van der Waals surface area (Å²) in [7, 11) is 1.53. The lowest BCUT2D eigenvalue weighted by Gasteiger charge is -2.10. The maximum atomic E-state index is 13.0. The van der Waals surface area contributed by atoms with E-state index < -0.39 is 0 Å². The second-order valence-corrected chi connectivity index (χ2v) is 5.34. The number of hydrogen-bond acceptors (Lipinski definition) is 3. The van der Waals surface area contributed by atoms with Gasteiger partial charge < -0.3 is 10.1 Å². The smallest absolute Gasteiger partial charge is 0.144 e. The summed E-state index contributed by atoms with van der Waals surface area (Å²) in [6.45, 7) is 0.693. The Morgan fingerprint density at radius 1 is 1.41 bits per heavy atom. The predicted molar refractivity (Wildman–Crippen MR) is 72.3 cm³/mol. The van der Waals surface area contributed by atoms with Crippen LogP contribution in [0.15, 0.2) is 34.1 Å². The van der Waals surface area contributed by atoms with Crippen LogP contribution in [-0.4, -0.2) is 7.11 Å². The zero-order valence-electron chi connectivity index (χ0n) is 9.17. The molecule has 90 valence electrons. The fraction of sp³-hybridized carbons (Fsp3) is 0.167. The lowest BCUT2D eigenvalue weighted by atomic mass is 10.3. The summed E-state index contributed by atoms with van der Waals surface area (Å²) >= 11 is 5.07. The van der Waals surface area contributed by atoms with Gasteiger partial charge in [0.2, 0.25) is 0 Å². The molecule has 0 fully saturated rings. The Bertz CT molecular complexity index is 515. The normalized spacial score (nSPS) is 10.3. The third-order valence-electron chi connectivity index (χ3n) is 2.24. The molecule has 17 heavy (non-hydrogen) atoms. The quantitative estimate of drug-likeness (QED) is 0.909. The molecule has 0 amide bonds. The predicted octanol–water partition coefficient (Wildman–Crippen LogP) is 4.27. The van der Waals surface area contributed by atoms with Crippen LogP contribution < -0.4 is 10.1 Å². The Labute approximate surface area is 112 Å². The minimum Gasteiger partial charge on any atom is -0.494 e. The van der Waals surface area contributed by atoms with Crippen molar-refractivity contribution in [2.45, 2.75) is 6.54 Å². The van der Waals surface area contributed by atoms with E-state index in [1.807, 2.05) is 11.4 Å². The average Bonchev–Trinajstić information content (AvgIpc) is 2.73. The van der Waals surface area contributed by atoms with Gasteiger partial charge in [-0.3, -0.25) is 0 Å². The first kappa shape index (κ1) is 12.4. The van der Waals surface area contributed by atoms with Crippen molar-refractivity contribution < 1.29 is 9.13 Å². The van der Waals surface area contributed by atoms with Crippen molar-refractivity contribution in [3.63, 3.8) is 0 Å². The van der Waals surface area contributed by atoms with E-state index >= 15 is 0 Å². The molecule has 0 aliphatic carbocycles. The molecular weight excluding hydrogens is 305 g/mol. The van der Waals surface area contributed by atoms with Crippen LogP contribution >= 0.6 is 27.3 Å². The first-order valence-corrected chi connectivity index (χ1v) is 6.66. The lowest BCUT2D eigenvalue weighted by molar-refractivity contribution is 0.413. The molecule has 0 saturated heterocycles. The highest BCUT2D eigenvalue weighted by molar-refractivity contribution is 9.10. The number of halogens is 2. The van der Waals surface area contributed by atoms with Gasteiger partial charge in [-0.15, -0.1) is 11.3 Å². The number of methoxy groups -OCH3 is 1. The van der Waals surface area contributed by atoms with Crippen molar-refractivity contribution in [2.75, 3.05) is 12.4 Å². The molecule has 0 radical (unpaired) electrons. The molecule has 0 aliphatic heterocycles. The van der Waals surface area contributed by atoms with Crippen LogP contribution in [0.25, 0.3) is 0 Å². The van der Waals surface area contributed by atoms with Crippen molar-refractivity contribution in [3.05, 3.63) is 44.8 Å². The van der Waals surface area contributed by atoms with Crippen molar-refractivity contribution in [2.24, 2.45) is 0 Å². The summed E-state index contributed by atoms with van der Waals surface area (Å²) in [5, 5.41) is 5.25. The summed E-state index contributed by atoms with van der Waals surface area (Å²) in [5.41, 5.74) is 0.790. The third kappa shape index (κ3) is 3.20. The second kappa shape index (κ2) is 5.51. The van der Waals surface area contributed by atoms with Crippen LogP contribution in [0.4, 0.5) is 10.1 Å². The molecule has 0 spiro atoms. The Hall–Kier alpha value is -1.07. The minimum atomic E-state index is -0.300. The van der Waals surface area contributed by atoms with Crippen LogP contribution in [0.2, 0.25) is 0 Å². The maximum Gasteiger partial charge on any atom is 0.144 e. The van der Waals surface area contributed by atoms with E-state index in [0.29, 0.717) is 12.3 Å². The SMILES string of the molecule is COc1cc(F)ccc1NCc1cc(Br)cs1. The van der Waals surface area contributed by atoms with Crippen LogP contribution in [0.1, 0.15) is 4.88 Å². The Morgan fingerprint density at radius 3 is 2.88 bits per heavy atom. The highest BCUT2D eigenvalue weighted by atomic mass is 79.9. The molecule has 2 aromatic rings. The zero-order valence-corrected chi connectivity index (χ0v) is 11.6. The molecule has 1 aromatic heterocycles. The molecule has 5 heteroatoms. The highest BCUT2D eigenvalue weighted by Gasteiger charge is 2.04. The van der Waals surface area contributed by atoms with Crippen LogP contribution in [0, 0.1) is 5.82 Å². The Balaban J connectivity index is 2.08. The van der Waals surface area contributed by atoms with E-state index in [2.05, 4.69) is 21.2 Å². The van der Waals surface area contributed by atoms with Crippen molar-refractivity contribution in [3.8, 4) is 5.75 Å². The van der Waals surface area contributed by atoms with Gasteiger partial charge in [-0.25, -0.2) is 4.39 Å². The van der Waals surface area contributed by atoms with Gasteiger partial charge in [-0.2, -0.15) is 0 Å². The van der Waals surface area contributed by atoms with Gasteiger partial charge >= 0.3 is 0 Å². The molecule has 0 unspecified atom stereocenters. The average molecular weight is 316 g/mol. The van der Waals surface area contributed by atoms with E-state index in [0.717, 1.165) is 10.2 Å². The first-order chi connectivity index (χ1) is 8.19. The summed E-state index contributed by atoms with van der Waals surface area (Å²) < 4.78 is 19.2. The van der Waals surface area contributed by atoms with Gasteiger partial charge in [0.1, 0.15) is 11.6 Å². The third-order valence-corrected chi connectivity index (χ3v) is 3.94. The van der Waals surface area contributed by atoms with Gasteiger partial charge in [0.05, 0.1) is 12.8 Å². The number of ether oxygens (including phenoxy) is 1. The highest BCUT2D eigenvalue weighted by Crippen LogP contribution is 2.27. The minimum absolute atomic E-state index is 0.300. The first-order valence-electron chi connectivity index (χ1n) is 4.99. The molecule has 0 saturated carbocycles. The molecule has 2 rings (SSSR count). The van der Waals surface area contributed by atoms with Gasteiger partial charge in [-0.05, 0) is 34.1 Å². The molecule has 0 aliphatic rings. The van der Waals surface area contributed by atoms with Gasteiger partial charge in [0, 0.05) is 27.3 Å². The van der Waals surface area contributed by atoms with E-state index in [1.54, 1.807) is 17.4 Å². The van der Waals surface area contributed by atoms with E-state index in [4.69, 9.17) is 4.74 Å².